The van der Waals surface area contributed by atoms with Crippen LogP contribution in [0.3, 0.4) is 0 Å². The van der Waals surface area contributed by atoms with E-state index < -0.39 is 0 Å². The van der Waals surface area contributed by atoms with E-state index in [1.807, 2.05) is 0 Å². The zero-order chi connectivity index (χ0) is 9.59. The summed E-state index contributed by atoms with van der Waals surface area (Å²) in [4.78, 5) is 0. The van der Waals surface area contributed by atoms with Crippen molar-refractivity contribution in [1.82, 2.24) is 0 Å². The Morgan fingerprint density at radius 2 is 1.53 bits per heavy atom. The fraction of sp³-hybridized carbons (Fsp3) is 0.333. The van der Waals surface area contributed by atoms with Crippen molar-refractivity contribution in [3.63, 3.8) is 0 Å². The van der Waals surface area contributed by atoms with Gasteiger partial charge in [-0.2, -0.15) is 0 Å². The van der Waals surface area contributed by atoms with Crippen LogP contribution in [0.1, 0.15) is 32.8 Å². The van der Waals surface area contributed by atoms with Crippen molar-refractivity contribution in [3.8, 4) is 0 Å². The summed E-state index contributed by atoms with van der Waals surface area (Å²) < 4.78 is 0.710. The number of halogens is 2. The SMILES string of the molecule is CC1=Cc2c(C)ccc(C)c2[CH]1[Zr].Cl.Cl. The van der Waals surface area contributed by atoms with Gasteiger partial charge in [0.15, 0.2) is 0 Å². The molecule has 1 aliphatic carbocycles. The summed E-state index contributed by atoms with van der Waals surface area (Å²) >= 11 is 1.61. The number of allylic oxidation sites excluding steroid dienone is 1. The molecule has 1 aliphatic rings. The first-order valence-corrected chi connectivity index (χ1v) is 6.02. The molecule has 1 aromatic carbocycles. The van der Waals surface area contributed by atoms with Crippen LogP contribution in [-0.2, 0) is 24.7 Å². The van der Waals surface area contributed by atoms with E-state index in [1.54, 1.807) is 30.3 Å². The molecule has 0 amide bonds. The van der Waals surface area contributed by atoms with Gasteiger partial charge in [0.2, 0.25) is 0 Å². The Morgan fingerprint density at radius 3 is 2.07 bits per heavy atom. The van der Waals surface area contributed by atoms with Gasteiger partial charge in [-0.15, -0.1) is 24.8 Å². The Hall–Kier alpha value is 0.423. The van der Waals surface area contributed by atoms with E-state index in [-0.39, 0.29) is 24.8 Å². The smallest absolute Gasteiger partial charge is 0.147 e. The number of hydrogen-bond acceptors (Lipinski definition) is 0. The maximum absolute atomic E-state index is 2.36. The molecular formula is C12H15Cl2Zr. The second-order valence-electron chi connectivity index (χ2n) is 3.85. The molecule has 15 heavy (non-hydrogen) atoms. The zero-order valence-corrected chi connectivity index (χ0v) is 13.2. The second kappa shape index (κ2) is 5.66. The molecule has 2 rings (SSSR count). The summed E-state index contributed by atoms with van der Waals surface area (Å²) in [5, 5.41) is 0. The predicted molar refractivity (Wildman–Crippen MR) is 66.8 cm³/mol. The van der Waals surface area contributed by atoms with Crippen LogP contribution in [0.25, 0.3) is 6.08 Å². The molecule has 0 radical (unpaired) electrons. The van der Waals surface area contributed by atoms with Crippen molar-refractivity contribution < 1.29 is 24.7 Å². The fourth-order valence-corrected chi connectivity index (χ4v) is 3.11. The number of fused-ring (bicyclic) bond motifs is 1. The molecule has 81 valence electrons. The molecule has 0 heterocycles. The normalized spacial score (nSPS) is 17.2. The molecule has 1 atom stereocenters. The van der Waals surface area contributed by atoms with E-state index in [0.29, 0.717) is 3.63 Å². The maximum Gasteiger partial charge on any atom is -0.147 e. The standard InChI is InChI=1S/C12H13.2ClH.Zr/c1-8-6-11-9(2)4-5-10(3)12(11)7-8;;;/h4-7H,1-3H3;2*1H;. The van der Waals surface area contributed by atoms with Crippen molar-refractivity contribution in [2.24, 2.45) is 0 Å². The predicted octanol–water partition coefficient (Wildman–Crippen LogP) is 4.15. The summed E-state index contributed by atoms with van der Waals surface area (Å²) in [5.41, 5.74) is 7.47. The third kappa shape index (κ3) is 2.57. The first-order valence-electron chi connectivity index (χ1n) is 4.60. The molecule has 0 bridgehead atoms. The number of rotatable bonds is 0. The van der Waals surface area contributed by atoms with Gasteiger partial charge in [0, 0.05) is 0 Å². The summed E-state index contributed by atoms with van der Waals surface area (Å²) in [7, 11) is 0. The van der Waals surface area contributed by atoms with Crippen LogP contribution >= 0.6 is 24.8 Å². The van der Waals surface area contributed by atoms with E-state index >= 15 is 0 Å². The van der Waals surface area contributed by atoms with E-state index in [1.165, 1.54) is 22.3 Å². The Morgan fingerprint density at radius 1 is 1.00 bits per heavy atom. The van der Waals surface area contributed by atoms with Crippen molar-refractivity contribution in [3.05, 3.63) is 40.0 Å². The first kappa shape index (κ1) is 15.4. The first-order chi connectivity index (χ1) is 6.11. The van der Waals surface area contributed by atoms with E-state index in [4.69, 9.17) is 0 Å². The summed E-state index contributed by atoms with van der Waals surface area (Å²) in [6.45, 7) is 6.68. The van der Waals surface area contributed by atoms with Crippen LogP contribution in [0, 0.1) is 13.8 Å². The Balaban J connectivity index is 0.000000980. The van der Waals surface area contributed by atoms with Crippen LogP contribution in [-0.4, -0.2) is 0 Å². The van der Waals surface area contributed by atoms with Crippen LogP contribution in [0.5, 0.6) is 0 Å². The molecule has 0 spiro atoms. The molecule has 0 aliphatic heterocycles. The summed E-state index contributed by atoms with van der Waals surface area (Å²) in [6.07, 6.45) is 2.36. The van der Waals surface area contributed by atoms with Gasteiger partial charge in [0.05, 0.1) is 0 Å². The Bertz CT molecular complexity index is 397. The largest absolute Gasteiger partial charge is 0.147 e. The topological polar surface area (TPSA) is 0 Å². The number of aryl methyl sites for hydroxylation is 2. The monoisotopic (exact) mass is 319 g/mol. The third-order valence-corrected chi connectivity index (χ3v) is 4.67. The van der Waals surface area contributed by atoms with Gasteiger partial charge in [-0.25, -0.2) is 0 Å². The zero-order valence-electron chi connectivity index (χ0n) is 9.13. The molecule has 0 N–H and O–H groups in total. The van der Waals surface area contributed by atoms with Crippen molar-refractivity contribution in [1.29, 1.82) is 0 Å². The Labute approximate surface area is 119 Å². The summed E-state index contributed by atoms with van der Waals surface area (Å²) in [6, 6.07) is 4.48. The van der Waals surface area contributed by atoms with Gasteiger partial charge < -0.3 is 0 Å². The second-order valence-corrected chi connectivity index (χ2v) is 5.27. The minimum atomic E-state index is 0. The molecule has 3 heteroatoms. The fourth-order valence-electron chi connectivity index (χ4n) is 1.97. The van der Waals surface area contributed by atoms with Crippen LogP contribution in [0.15, 0.2) is 17.7 Å². The molecule has 0 nitrogen and oxygen atoms in total. The van der Waals surface area contributed by atoms with Gasteiger partial charge in [0.25, 0.3) is 0 Å². The van der Waals surface area contributed by atoms with Crippen molar-refractivity contribution in [2.45, 2.75) is 24.4 Å². The van der Waals surface area contributed by atoms with Crippen LogP contribution in [0.4, 0.5) is 0 Å². The molecule has 1 aromatic rings. The quantitative estimate of drug-likeness (QED) is 0.673. The average Bonchev–Trinajstić information content (AvgIpc) is 2.38. The van der Waals surface area contributed by atoms with Crippen LogP contribution < -0.4 is 0 Å². The summed E-state index contributed by atoms with van der Waals surface area (Å²) in [5.74, 6) is 0. The van der Waals surface area contributed by atoms with Crippen molar-refractivity contribution >= 4 is 30.9 Å². The minimum Gasteiger partial charge on any atom is -0.147 e. The average molecular weight is 321 g/mol. The minimum absolute atomic E-state index is 0. The Kier molecular flexibility index (Phi) is 5.82. The number of hydrogen-bond donors (Lipinski definition) is 0. The van der Waals surface area contributed by atoms with Gasteiger partial charge in [-0.3, -0.25) is 0 Å². The van der Waals surface area contributed by atoms with Crippen molar-refractivity contribution in [2.75, 3.05) is 0 Å². The third-order valence-electron chi connectivity index (χ3n) is 2.84. The van der Waals surface area contributed by atoms with E-state index in [0.717, 1.165) is 0 Å². The maximum atomic E-state index is 2.36. The molecule has 1 unspecified atom stereocenters. The molecule has 0 saturated carbocycles. The van der Waals surface area contributed by atoms with Gasteiger partial charge in [-0.1, -0.05) is 0 Å². The van der Waals surface area contributed by atoms with Gasteiger partial charge in [-0.05, 0) is 0 Å². The van der Waals surface area contributed by atoms with Crippen LogP contribution in [0.2, 0.25) is 0 Å². The molecular weight excluding hydrogens is 306 g/mol. The number of benzene rings is 1. The van der Waals surface area contributed by atoms with Gasteiger partial charge >= 0.3 is 95.2 Å². The molecule has 0 saturated heterocycles. The molecule has 0 aromatic heterocycles. The molecule has 0 fully saturated rings. The van der Waals surface area contributed by atoms with E-state index in [2.05, 4.69) is 39.0 Å². The van der Waals surface area contributed by atoms with Gasteiger partial charge in [0.1, 0.15) is 0 Å². The van der Waals surface area contributed by atoms with E-state index in [9.17, 15) is 0 Å².